The quantitative estimate of drug-likeness (QED) is 0.405. The van der Waals surface area contributed by atoms with Crippen LogP contribution in [0.25, 0.3) is 0 Å². The first kappa shape index (κ1) is 30.9. The molecule has 2 amide bonds. The molecule has 0 aliphatic carbocycles. The Bertz CT molecular complexity index is 1330. The van der Waals surface area contributed by atoms with Crippen LogP contribution in [0, 0.1) is 5.92 Å². The fraction of sp³-hybridized carbons (Fsp3) is 0.593. The van der Waals surface area contributed by atoms with Crippen LogP contribution in [0.2, 0.25) is 0 Å². The first-order chi connectivity index (χ1) is 19.5. The average Bonchev–Trinajstić information content (AvgIpc) is 3.41. The summed E-state index contributed by atoms with van der Waals surface area (Å²) >= 11 is 0. The molecular weight excluding hydrogens is 552 g/mol. The Labute approximate surface area is 241 Å². The molecule has 2 N–H and O–H groups in total. The first-order valence-electron chi connectivity index (χ1n) is 13.8. The highest BCUT2D eigenvalue weighted by molar-refractivity contribution is 7.89. The molecule has 0 unspecified atom stereocenters. The molecule has 13 nitrogen and oxygen atoms in total. The summed E-state index contributed by atoms with van der Waals surface area (Å²) in [5.41, 5.74) is 0.674. The van der Waals surface area contributed by atoms with Gasteiger partial charge in [-0.2, -0.15) is 4.31 Å². The van der Waals surface area contributed by atoms with E-state index >= 15 is 0 Å². The number of aliphatic hydroxyl groups excluding tert-OH is 1. The van der Waals surface area contributed by atoms with Crippen molar-refractivity contribution in [1.29, 1.82) is 0 Å². The molecule has 1 aromatic heterocycles. The lowest BCUT2D eigenvalue weighted by atomic mass is 9.99. The molecule has 1 aromatic carbocycles. The molecule has 41 heavy (non-hydrogen) atoms. The van der Waals surface area contributed by atoms with E-state index in [1.54, 1.807) is 41.6 Å². The number of fused-ring (bicyclic) bond motifs is 1. The van der Waals surface area contributed by atoms with Crippen LogP contribution in [0.15, 0.2) is 35.7 Å². The van der Waals surface area contributed by atoms with Crippen molar-refractivity contribution in [3.05, 3.63) is 36.3 Å². The maximum Gasteiger partial charge on any atom is 0.261 e. The van der Waals surface area contributed by atoms with E-state index in [-0.39, 0.29) is 53.8 Å². The predicted molar refractivity (Wildman–Crippen MR) is 151 cm³/mol. The lowest BCUT2D eigenvalue weighted by Gasteiger charge is -2.38. The second-order valence-corrected chi connectivity index (χ2v) is 12.7. The summed E-state index contributed by atoms with van der Waals surface area (Å²) < 4.78 is 40.7. The number of aromatic nitrogens is 2. The fourth-order valence-corrected chi connectivity index (χ4v) is 6.00. The van der Waals surface area contributed by atoms with Gasteiger partial charge in [0.05, 0.1) is 44.3 Å². The van der Waals surface area contributed by atoms with Crippen LogP contribution in [0.1, 0.15) is 30.6 Å². The number of rotatable bonds is 10. The van der Waals surface area contributed by atoms with Crippen molar-refractivity contribution < 1.29 is 32.6 Å². The van der Waals surface area contributed by atoms with Gasteiger partial charge in [0.25, 0.3) is 15.9 Å². The van der Waals surface area contributed by atoms with Crippen LogP contribution >= 0.6 is 0 Å². The zero-order valence-electron chi connectivity index (χ0n) is 24.0. The molecule has 1 saturated heterocycles. The van der Waals surface area contributed by atoms with Gasteiger partial charge in [0.15, 0.2) is 5.03 Å². The number of ether oxygens (including phenoxy) is 2. The predicted octanol–water partition coefficient (Wildman–Crippen LogP) is 0.622. The minimum absolute atomic E-state index is 0.00901. The van der Waals surface area contributed by atoms with Crippen LogP contribution in [0.3, 0.4) is 0 Å². The summed E-state index contributed by atoms with van der Waals surface area (Å²) in [6.07, 6.45) is 2.54. The van der Waals surface area contributed by atoms with Crippen molar-refractivity contribution in [3.8, 4) is 5.75 Å². The van der Waals surface area contributed by atoms with Crippen LogP contribution < -0.4 is 10.1 Å². The summed E-state index contributed by atoms with van der Waals surface area (Å²) in [5.74, 6) is -0.520. The van der Waals surface area contributed by atoms with E-state index in [1.165, 1.54) is 23.9 Å². The molecule has 4 rings (SSSR count). The third kappa shape index (κ3) is 7.43. The molecule has 1 fully saturated rings. The molecule has 3 atom stereocenters. The van der Waals surface area contributed by atoms with Gasteiger partial charge in [-0.3, -0.25) is 14.5 Å². The van der Waals surface area contributed by atoms with Gasteiger partial charge in [-0.1, -0.05) is 6.92 Å². The van der Waals surface area contributed by atoms with Gasteiger partial charge in [0.2, 0.25) is 5.91 Å². The maximum atomic E-state index is 13.7. The molecule has 226 valence electrons. The molecule has 3 heterocycles. The number of nitrogens with one attached hydrogen (secondary N) is 1. The number of imidazole rings is 1. The largest absolute Gasteiger partial charge is 0.488 e. The van der Waals surface area contributed by atoms with Crippen LogP contribution in [0.5, 0.6) is 5.75 Å². The van der Waals surface area contributed by atoms with Crippen molar-refractivity contribution in [1.82, 2.24) is 23.7 Å². The molecule has 2 aliphatic rings. The molecule has 2 aliphatic heterocycles. The van der Waals surface area contributed by atoms with E-state index in [0.717, 1.165) is 13.1 Å². The first-order valence-corrected chi connectivity index (χ1v) is 15.2. The third-order valence-corrected chi connectivity index (χ3v) is 9.21. The minimum Gasteiger partial charge on any atom is -0.488 e. The van der Waals surface area contributed by atoms with Crippen molar-refractivity contribution in [2.75, 3.05) is 64.9 Å². The van der Waals surface area contributed by atoms with Crippen LogP contribution in [0.4, 0.5) is 5.69 Å². The average molecular weight is 593 g/mol. The zero-order chi connectivity index (χ0) is 29.7. The van der Waals surface area contributed by atoms with E-state index in [0.29, 0.717) is 31.9 Å². The normalized spacial score (nSPS) is 21.1. The van der Waals surface area contributed by atoms with Gasteiger partial charge in [-0.25, -0.2) is 13.4 Å². The molecule has 0 radical (unpaired) electrons. The topological polar surface area (TPSA) is 147 Å². The minimum atomic E-state index is -3.88. The lowest BCUT2D eigenvalue weighted by molar-refractivity contribution is -0.116. The Morgan fingerprint density at radius 2 is 2.02 bits per heavy atom. The Morgan fingerprint density at radius 1 is 1.29 bits per heavy atom. The van der Waals surface area contributed by atoms with Crippen LogP contribution in [-0.2, 0) is 26.6 Å². The summed E-state index contributed by atoms with van der Waals surface area (Å²) in [6.45, 7) is 7.12. The van der Waals surface area contributed by atoms with E-state index < -0.39 is 22.2 Å². The molecule has 2 aromatic rings. The summed E-state index contributed by atoms with van der Waals surface area (Å²) in [5, 5.41) is 12.7. The van der Waals surface area contributed by atoms with Gasteiger partial charge in [-0.05, 0) is 25.1 Å². The van der Waals surface area contributed by atoms with Gasteiger partial charge >= 0.3 is 0 Å². The van der Waals surface area contributed by atoms with Crippen molar-refractivity contribution in [3.63, 3.8) is 0 Å². The van der Waals surface area contributed by atoms with Gasteiger partial charge < -0.3 is 29.4 Å². The zero-order valence-corrected chi connectivity index (χ0v) is 24.8. The number of benzene rings is 1. The van der Waals surface area contributed by atoms with E-state index in [2.05, 4.69) is 15.2 Å². The number of carbonyl (C=O) groups excluding carboxylic acids is 2. The van der Waals surface area contributed by atoms with E-state index in [4.69, 9.17) is 9.47 Å². The standard InChI is InChI=1S/C27H40N6O7S/c1-19-14-33(20(2)17-34)27(36)22-13-21(29-25(35)7-8-32-9-11-39-12-10-32)5-6-23(22)40-24(19)15-31(4)41(37,38)26-16-30(3)18-28-26/h5-6,13,16,18-20,24,34H,7-12,14-15,17H2,1-4H3,(H,29,35)/t19-,20+,24+/m1/s1. The molecule has 0 saturated carbocycles. The van der Waals surface area contributed by atoms with Crippen molar-refractivity contribution in [2.24, 2.45) is 13.0 Å². The number of morpholine rings is 1. The SMILES string of the molecule is C[C@@H]1CN([C@@H](C)CO)C(=O)c2cc(NC(=O)CCN3CCOCC3)ccc2O[C@H]1CN(C)S(=O)(=O)c1cn(C)cn1. The number of amides is 2. The fourth-order valence-electron chi connectivity index (χ4n) is 4.86. The number of hydrogen-bond donors (Lipinski definition) is 2. The third-order valence-electron chi connectivity index (χ3n) is 7.50. The Morgan fingerprint density at radius 3 is 2.68 bits per heavy atom. The molecule has 14 heteroatoms. The molecular formula is C27H40N6O7S. The number of anilines is 1. The second-order valence-electron chi connectivity index (χ2n) is 10.7. The van der Waals surface area contributed by atoms with E-state index in [9.17, 15) is 23.1 Å². The summed E-state index contributed by atoms with van der Waals surface area (Å²) in [7, 11) is -0.717. The highest BCUT2D eigenvalue weighted by Gasteiger charge is 2.35. The van der Waals surface area contributed by atoms with E-state index in [1.807, 2.05) is 6.92 Å². The Hall–Kier alpha value is -3.04. The number of sulfonamides is 1. The monoisotopic (exact) mass is 592 g/mol. The Kier molecular flexibility index (Phi) is 10.0. The van der Waals surface area contributed by atoms with Crippen LogP contribution in [-0.4, -0.2) is 121 Å². The lowest BCUT2D eigenvalue weighted by Crippen LogP contribution is -2.50. The van der Waals surface area contributed by atoms with Crippen molar-refractivity contribution >= 4 is 27.5 Å². The number of aliphatic hydroxyl groups is 1. The van der Waals surface area contributed by atoms with Gasteiger partial charge in [0, 0.05) is 64.5 Å². The number of aryl methyl sites for hydroxylation is 1. The Balaban J connectivity index is 1.55. The summed E-state index contributed by atoms with van der Waals surface area (Å²) in [6, 6.07) is 4.36. The number of nitrogens with zero attached hydrogens (tertiary/aromatic N) is 5. The maximum absolute atomic E-state index is 13.7. The molecule has 0 bridgehead atoms. The second kappa shape index (κ2) is 13.3. The highest BCUT2D eigenvalue weighted by atomic mass is 32.2. The smallest absolute Gasteiger partial charge is 0.261 e. The number of hydrogen-bond acceptors (Lipinski definition) is 9. The summed E-state index contributed by atoms with van der Waals surface area (Å²) in [4.78, 5) is 34.1. The molecule has 0 spiro atoms. The van der Waals surface area contributed by atoms with Crippen molar-refractivity contribution in [2.45, 2.75) is 37.4 Å². The van der Waals surface area contributed by atoms with Gasteiger partial charge in [-0.15, -0.1) is 0 Å². The number of likely N-dealkylation sites (N-methyl/N-ethyl adjacent to an activating group) is 1. The van der Waals surface area contributed by atoms with Gasteiger partial charge in [0.1, 0.15) is 11.9 Å². The highest BCUT2D eigenvalue weighted by Crippen LogP contribution is 2.31. The number of carbonyl (C=O) groups is 2.